The van der Waals surface area contributed by atoms with E-state index in [0.29, 0.717) is 5.56 Å². The van der Waals surface area contributed by atoms with Crippen molar-refractivity contribution in [2.24, 2.45) is 0 Å². The zero-order valence-corrected chi connectivity index (χ0v) is 13.2. The number of aliphatic hydroxyl groups excluding tert-OH is 1. The van der Waals surface area contributed by atoms with Gasteiger partial charge in [-0.2, -0.15) is 4.31 Å². The first kappa shape index (κ1) is 16.0. The summed E-state index contributed by atoms with van der Waals surface area (Å²) in [4.78, 5) is 3.96. The van der Waals surface area contributed by atoms with Crippen LogP contribution in [0.1, 0.15) is 24.5 Å². The molecule has 0 aliphatic heterocycles. The predicted octanol–water partition coefficient (Wildman–Crippen LogP) is 2.11. The summed E-state index contributed by atoms with van der Waals surface area (Å²) < 4.78 is 39.8. The molecule has 0 radical (unpaired) electrons. The number of sulfonamides is 1. The van der Waals surface area contributed by atoms with E-state index in [1.54, 1.807) is 6.07 Å². The molecule has 122 valence electrons. The molecule has 1 aliphatic carbocycles. The van der Waals surface area contributed by atoms with Crippen molar-refractivity contribution in [3.8, 4) is 0 Å². The highest BCUT2D eigenvalue weighted by molar-refractivity contribution is 7.89. The number of aliphatic hydroxyl groups is 1. The van der Waals surface area contributed by atoms with Crippen molar-refractivity contribution < 1.29 is 17.9 Å². The molecule has 1 unspecified atom stereocenters. The van der Waals surface area contributed by atoms with Crippen molar-refractivity contribution in [3.63, 3.8) is 0 Å². The molecule has 1 saturated carbocycles. The molecular formula is C16H17FN2O3S. The number of benzene rings is 1. The third-order valence-electron chi connectivity index (χ3n) is 3.80. The fourth-order valence-electron chi connectivity index (χ4n) is 2.40. The van der Waals surface area contributed by atoms with E-state index in [-0.39, 0.29) is 17.5 Å². The molecule has 0 saturated heterocycles. The van der Waals surface area contributed by atoms with Gasteiger partial charge in [-0.15, -0.1) is 0 Å². The molecule has 2 aromatic rings. The van der Waals surface area contributed by atoms with Crippen LogP contribution < -0.4 is 0 Å². The molecule has 0 bridgehead atoms. The smallest absolute Gasteiger partial charge is 0.244 e. The van der Waals surface area contributed by atoms with Crippen molar-refractivity contribution in [2.75, 3.05) is 6.54 Å². The number of pyridine rings is 1. The van der Waals surface area contributed by atoms with E-state index < -0.39 is 21.9 Å². The molecule has 3 rings (SSSR count). The minimum Gasteiger partial charge on any atom is -0.387 e. The van der Waals surface area contributed by atoms with E-state index in [1.807, 2.05) is 0 Å². The van der Waals surface area contributed by atoms with Crippen LogP contribution in [0.3, 0.4) is 0 Å². The average Bonchev–Trinajstić information content (AvgIpc) is 3.38. The standard InChI is InChI=1S/C16H17FN2O3S/c17-13-5-3-12(4-6-13)16(20)11-19(14-7-8-14)23(21,22)15-2-1-9-18-10-15/h1-6,9-10,14,16,20H,7-8,11H2. The van der Waals surface area contributed by atoms with Gasteiger partial charge in [0.15, 0.2) is 0 Å². The zero-order valence-electron chi connectivity index (χ0n) is 12.3. The highest BCUT2D eigenvalue weighted by Crippen LogP contribution is 2.33. The lowest BCUT2D eigenvalue weighted by molar-refractivity contribution is 0.145. The number of halogens is 1. The lowest BCUT2D eigenvalue weighted by atomic mass is 10.1. The highest BCUT2D eigenvalue weighted by atomic mass is 32.2. The Morgan fingerprint density at radius 1 is 1.26 bits per heavy atom. The van der Waals surface area contributed by atoms with Crippen LogP contribution in [0.5, 0.6) is 0 Å². The third-order valence-corrected chi connectivity index (χ3v) is 5.70. The lowest BCUT2D eigenvalue weighted by Gasteiger charge is -2.24. The van der Waals surface area contributed by atoms with Gasteiger partial charge in [0.2, 0.25) is 10.0 Å². The van der Waals surface area contributed by atoms with E-state index in [4.69, 9.17) is 0 Å². The van der Waals surface area contributed by atoms with Gasteiger partial charge in [-0.3, -0.25) is 4.98 Å². The van der Waals surface area contributed by atoms with E-state index in [9.17, 15) is 17.9 Å². The van der Waals surface area contributed by atoms with E-state index >= 15 is 0 Å². The Hall–Kier alpha value is -1.83. The van der Waals surface area contributed by atoms with Gasteiger partial charge in [0.1, 0.15) is 10.7 Å². The van der Waals surface area contributed by atoms with Gasteiger partial charge in [0.05, 0.1) is 6.10 Å². The van der Waals surface area contributed by atoms with E-state index in [2.05, 4.69) is 4.98 Å². The minimum absolute atomic E-state index is 0.0620. The summed E-state index contributed by atoms with van der Waals surface area (Å²) in [7, 11) is -3.71. The average molecular weight is 336 g/mol. The van der Waals surface area contributed by atoms with Gasteiger partial charge in [-0.05, 0) is 42.7 Å². The fourth-order valence-corrected chi connectivity index (χ4v) is 4.06. The van der Waals surface area contributed by atoms with Crippen molar-refractivity contribution in [2.45, 2.75) is 29.9 Å². The van der Waals surface area contributed by atoms with Crippen LogP contribution in [0, 0.1) is 5.82 Å². The van der Waals surface area contributed by atoms with E-state index in [1.165, 1.54) is 47.0 Å². The number of hydrogen-bond donors (Lipinski definition) is 1. The molecule has 1 fully saturated rings. The quantitative estimate of drug-likeness (QED) is 0.877. The second kappa shape index (κ2) is 6.35. The normalized spacial score (nSPS) is 16.5. The summed E-state index contributed by atoms with van der Waals surface area (Å²) in [6.07, 6.45) is 3.34. The SMILES string of the molecule is O=S(=O)(c1cccnc1)N(CC(O)c1ccc(F)cc1)C1CC1. The van der Waals surface area contributed by atoms with Crippen molar-refractivity contribution >= 4 is 10.0 Å². The number of hydrogen-bond acceptors (Lipinski definition) is 4. The molecule has 0 amide bonds. The topological polar surface area (TPSA) is 70.5 Å². The van der Waals surface area contributed by atoms with Crippen molar-refractivity contribution in [1.29, 1.82) is 0 Å². The highest BCUT2D eigenvalue weighted by Gasteiger charge is 2.39. The molecule has 1 aromatic carbocycles. The Kier molecular flexibility index (Phi) is 4.43. The van der Waals surface area contributed by atoms with Crippen molar-refractivity contribution in [3.05, 3.63) is 60.2 Å². The molecule has 1 aromatic heterocycles. The predicted molar refractivity (Wildman–Crippen MR) is 82.5 cm³/mol. The van der Waals surface area contributed by atoms with E-state index in [0.717, 1.165) is 12.8 Å². The largest absolute Gasteiger partial charge is 0.387 e. The summed E-state index contributed by atoms with van der Waals surface area (Å²) >= 11 is 0. The van der Waals surface area contributed by atoms with Crippen LogP contribution >= 0.6 is 0 Å². The first-order valence-corrected chi connectivity index (χ1v) is 8.78. The summed E-state index contributed by atoms with van der Waals surface area (Å²) in [6.45, 7) is -0.0620. The van der Waals surface area contributed by atoms with Crippen molar-refractivity contribution in [1.82, 2.24) is 9.29 Å². The van der Waals surface area contributed by atoms with Gasteiger partial charge >= 0.3 is 0 Å². The number of nitrogens with zero attached hydrogens (tertiary/aromatic N) is 2. The van der Waals surface area contributed by atoms with Gasteiger partial charge in [0.25, 0.3) is 0 Å². The van der Waals surface area contributed by atoms with Gasteiger partial charge in [-0.1, -0.05) is 12.1 Å². The van der Waals surface area contributed by atoms with Crippen LogP contribution in [0.4, 0.5) is 4.39 Å². The molecule has 7 heteroatoms. The lowest BCUT2D eigenvalue weighted by Crippen LogP contribution is -2.36. The monoisotopic (exact) mass is 336 g/mol. The Morgan fingerprint density at radius 2 is 1.96 bits per heavy atom. The summed E-state index contributed by atoms with van der Waals surface area (Å²) in [6, 6.07) is 8.36. The fraction of sp³-hybridized carbons (Fsp3) is 0.312. The molecule has 1 atom stereocenters. The molecular weight excluding hydrogens is 319 g/mol. The summed E-state index contributed by atoms with van der Waals surface area (Å²) in [5.74, 6) is -0.400. The molecule has 0 spiro atoms. The Balaban J connectivity index is 1.84. The Labute approximate surface area is 134 Å². The van der Waals surface area contributed by atoms with Crippen LogP contribution in [-0.2, 0) is 10.0 Å². The van der Waals surface area contributed by atoms with Gasteiger partial charge < -0.3 is 5.11 Å². The molecule has 5 nitrogen and oxygen atoms in total. The molecule has 23 heavy (non-hydrogen) atoms. The van der Waals surface area contributed by atoms with Crippen LogP contribution in [-0.4, -0.2) is 35.4 Å². The summed E-state index contributed by atoms with van der Waals surface area (Å²) in [5, 5.41) is 10.3. The minimum atomic E-state index is -3.71. The maximum atomic E-state index is 13.0. The maximum absolute atomic E-state index is 13.0. The summed E-state index contributed by atoms with van der Waals surface area (Å²) in [5.41, 5.74) is 0.485. The first-order chi connectivity index (χ1) is 11.0. The zero-order chi connectivity index (χ0) is 16.4. The molecule has 1 heterocycles. The second-order valence-corrected chi connectivity index (χ2v) is 7.45. The number of aromatic nitrogens is 1. The molecule has 1 aliphatic rings. The van der Waals surface area contributed by atoms with Gasteiger partial charge in [0, 0.05) is 25.0 Å². The first-order valence-electron chi connectivity index (χ1n) is 7.34. The number of rotatable bonds is 6. The third kappa shape index (κ3) is 3.57. The second-order valence-electron chi connectivity index (χ2n) is 5.56. The van der Waals surface area contributed by atoms with Crippen LogP contribution in [0.25, 0.3) is 0 Å². The van der Waals surface area contributed by atoms with Crippen LogP contribution in [0.2, 0.25) is 0 Å². The molecule has 1 N–H and O–H groups in total. The van der Waals surface area contributed by atoms with Gasteiger partial charge in [-0.25, -0.2) is 12.8 Å². The Morgan fingerprint density at radius 3 is 2.52 bits per heavy atom. The Bertz CT molecular complexity index is 762. The van der Waals surface area contributed by atoms with Crippen LogP contribution in [0.15, 0.2) is 53.7 Å². The maximum Gasteiger partial charge on any atom is 0.244 e.